The summed E-state index contributed by atoms with van der Waals surface area (Å²) < 4.78 is 34.3. The zero-order valence-corrected chi connectivity index (χ0v) is 26.5. The van der Waals surface area contributed by atoms with Crippen LogP contribution in [0.3, 0.4) is 0 Å². The summed E-state index contributed by atoms with van der Waals surface area (Å²) >= 11 is 3.32. The van der Waals surface area contributed by atoms with Crippen LogP contribution in [0.25, 0.3) is 0 Å². The number of amides is 2. The van der Waals surface area contributed by atoms with E-state index in [1.54, 1.807) is 36.4 Å². The Kier molecular flexibility index (Phi) is 11.8. The molecule has 0 saturated heterocycles. The van der Waals surface area contributed by atoms with Crippen molar-refractivity contribution < 1.29 is 22.7 Å². The number of ether oxygens (including phenoxy) is 1. The fourth-order valence-electron chi connectivity index (χ4n) is 4.22. The SMILES string of the molecule is C[C@@H](NC(=O)COc1ccc(/C=N/NC(=O)CN(CCc2ccccc2)S(=O)(=O)c2ccc(Br)cc2)cc1)c1ccccc1. The normalized spacial score (nSPS) is 12.2. The predicted octanol–water partition coefficient (Wildman–Crippen LogP) is 5.09. The highest BCUT2D eigenvalue weighted by Crippen LogP contribution is 2.19. The Balaban J connectivity index is 1.30. The van der Waals surface area contributed by atoms with E-state index in [4.69, 9.17) is 4.74 Å². The molecule has 0 unspecified atom stereocenters. The first-order valence-electron chi connectivity index (χ1n) is 13.9. The summed E-state index contributed by atoms with van der Waals surface area (Å²) in [5, 5.41) is 6.89. The van der Waals surface area contributed by atoms with Crippen LogP contribution in [0.2, 0.25) is 0 Å². The summed E-state index contributed by atoms with van der Waals surface area (Å²) in [6.45, 7) is 1.49. The van der Waals surface area contributed by atoms with Crippen LogP contribution in [0.5, 0.6) is 5.75 Å². The van der Waals surface area contributed by atoms with Crippen molar-refractivity contribution in [2.45, 2.75) is 24.3 Å². The van der Waals surface area contributed by atoms with Crippen LogP contribution in [0.1, 0.15) is 29.7 Å². The summed E-state index contributed by atoms with van der Waals surface area (Å²) in [5.74, 6) is -0.318. The van der Waals surface area contributed by atoms with Crippen LogP contribution in [0.4, 0.5) is 0 Å². The molecule has 0 saturated carbocycles. The third kappa shape index (κ3) is 9.87. The predicted molar refractivity (Wildman–Crippen MR) is 174 cm³/mol. The molecule has 0 fully saturated rings. The molecule has 0 aliphatic heterocycles. The summed E-state index contributed by atoms with van der Waals surface area (Å²) in [4.78, 5) is 25.1. The first-order chi connectivity index (χ1) is 21.2. The van der Waals surface area contributed by atoms with Gasteiger partial charge in [-0.25, -0.2) is 13.8 Å². The van der Waals surface area contributed by atoms with E-state index in [1.165, 1.54) is 18.3 Å². The maximum Gasteiger partial charge on any atom is 0.258 e. The van der Waals surface area contributed by atoms with Gasteiger partial charge in [0, 0.05) is 11.0 Å². The number of nitrogens with zero attached hydrogens (tertiary/aromatic N) is 2. The van der Waals surface area contributed by atoms with Gasteiger partial charge < -0.3 is 10.1 Å². The highest BCUT2D eigenvalue weighted by atomic mass is 79.9. The van der Waals surface area contributed by atoms with Crippen molar-refractivity contribution in [2.75, 3.05) is 19.7 Å². The monoisotopic (exact) mass is 676 g/mol. The van der Waals surface area contributed by atoms with Gasteiger partial charge in [-0.3, -0.25) is 9.59 Å². The molecule has 0 bridgehead atoms. The highest BCUT2D eigenvalue weighted by molar-refractivity contribution is 9.10. The number of carbonyl (C=O) groups excluding carboxylic acids is 2. The van der Waals surface area contributed by atoms with Gasteiger partial charge >= 0.3 is 0 Å². The molecule has 228 valence electrons. The molecule has 2 N–H and O–H groups in total. The van der Waals surface area contributed by atoms with Crippen LogP contribution in [0.15, 0.2) is 124 Å². The molecule has 4 aromatic carbocycles. The quantitative estimate of drug-likeness (QED) is 0.143. The lowest BCUT2D eigenvalue weighted by Crippen LogP contribution is -2.40. The average molecular weight is 678 g/mol. The fraction of sp³-hybridized carbons (Fsp3) is 0.182. The van der Waals surface area contributed by atoms with E-state index in [1.807, 2.05) is 67.6 Å². The van der Waals surface area contributed by atoms with Gasteiger partial charge in [-0.15, -0.1) is 0 Å². The molecule has 0 aliphatic carbocycles. The molecule has 0 radical (unpaired) electrons. The molecule has 0 spiro atoms. The van der Waals surface area contributed by atoms with E-state index in [9.17, 15) is 18.0 Å². The van der Waals surface area contributed by atoms with Crippen LogP contribution in [-0.2, 0) is 26.0 Å². The lowest BCUT2D eigenvalue weighted by Gasteiger charge is -2.21. The third-order valence-electron chi connectivity index (χ3n) is 6.59. The van der Waals surface area contributed by atoms with Crippen molar-refractivity contribution in [1.82, 2.24) is 15.0 Å². The van der Waals surface area contributed by atoms with E-state index < -0.39 is 22.5 Å². The number of hydrogen-bond acceptors (Lipinski definition) is 6. The summed E-state index contributed by atoms with van der Waals surface area (Å²) in [5.41, 5.74) is 5.04. The summed E-state index contributed by atoms with van der Waals surface area (Å²) in [6.07, 6.45) is 1.88. The first kappa shape index (κ1) is 32.6. The van der Waals surface area contributed by atoms with Crippen LogP contribution in [0, 0.1) is 0 Å². The minimum Gasteiger partial charge on any atom is -0.484 e. The third-order valence-corrected chi connectivity index (χ3v) is 8.98. The zero-order valence-electron chi connectivity index (χ0n) is 24.1. The van der Waals surface area contributed by atoms with Gasteiger partial charge in [-0.2, -0.15) is 9.41 Å². The smallest absolute Gasteiger partial charge is 0.258 e. The van der Waals surface area contributed by atoms with Gasteiger partial charge in [0.15, 0.2) is 6.61 Å². The molecule has 9 nitrogen and oxygen atoms in total. The number of hydrazone groups is 1. The lowest BCUT2D eigenvalue weighted by molar-refractivity contribution is -0.124. The van der Waals surface area contributed by atoms with E-state index in [-0.39, 0.29) is 30.0 Å². The van der Waals surface area contributed by atoms with Gasteiger partial charge in [-0.1, -0.05) is 76.6 Å². The molecule has 4 aromatic rings. The maximum atomic E-state index is 13.4. The van der Waals surface area contributed by atoms with Crippen LogP contribution >= 0.6 is 15.9 Å². The van der Waals surface area contributed by atoms with Crippen LogP contribution < -0.4 is 15.5 Å². The standard InChI is InChI=1S/C33H33BrN4O5S/c1-25(28-10-6-3-7-11-28)36-33(40)24-43-30-16-12-27(13-17-30)22-35-37-32(39)23-38(21-20-26-8-4-2-5-9-26)44(41,42)31-18-14-29(34)15-19-31/h2-19,22,25H,20-21,23-24H2,1H3,(H,36,40)(H,37,39)/b35-22+/t25-/m1/s1. The molecule has 0 heterocycles. The molecule has 1 atom stereocenters. The van der Waals surface area contributed by atoms with Crippen LogP contribution in [-0.4, -0.2) is 50.4 Å². The molecule has 2 amide bonds. The zero-order chi connectivity index (χ0) is 31.4. The van der Waals surface area contributed by atoms with E-state index in [0.717, 1.165) is 19.9 Å². The Morgan fingerprint density at radius 2 is 1.52 bits per heavy atom. The van der Waals surface area contributed by atoms with Gasteiger partial charge in [0.25, 0.3) is 11.8 Å². The largest absolute Gasteiger partial charge is 0.484 e. The molecule has 4 rings (SSSR count). The number of nitrogens with one attached hydrogen (secondary N) is 2. The number of benzene rings is 4. The van der Waals surface area contributed by atoms with Crippen molar-refractivity contribution in [1.29, 1.82) is 0 Å². The number of rotatable bonds is 14. The van der Waals surface area contributed by atoms with E-state index in [0.29, 0.717) is 17.7 Å². The Morgan fingerprint density at radius 3 is 2.18 bits per heavy atom. The Morgan fingerprint density at radius 1 is 0.886 bits per heavy atom. The Labute approximate surface area is 266 Å². The molecular formula is C33H33BrN4O5S. The van der Waals surface area contributed by atoms with Gasteiger partial charge in [-0.05, 0) is 78.6 Å². The second kappa shape index (κ2) is 15.9. The van der Waals surface area contributed by atoms with Crippen molar-refractivity contribution in [2.24, 2.45) is 5.10 Å². The lowest BCUT2D eigenvalue weighted by atomic mass is 10.1. The van der Waals surface area contributed by atoms with E-state index >= 15 is 0 Å². The summed E-state index contributed by atoms with van der Waals surface area (Å²) in [6, 6.07) is 32.1. The topological polar surface area (TPSA) is 117 Å². The average Bonchev–Trinajstić information content (AvgIpc) is 3.03. The highest BCUT2D eigenvalue weighted by Gasteiger charge is 2.26. The Hall–Kier alpha value is -4.32. The van der Waals surface area contributed by atoms with Crippen molar-refractivity contribution >= 4 is 44.0 Å². The van der Waals surface area contributed by atoms with E-state index in [2.05, 4.69) is 31.8 Å². The minimum atomic E-state index is -3.94. The molecule has 11 heteroatoms. The Bertz CT molecular complexity index is 1650. The molecule has 0 aromatic heterocycles. The number of hydrogen-bond donors (Lipinski definition) is 2. The number of sulfonamides is 1. The fourth-order valence-corrected chi connectivity index (χ4v) is 5.88. The maximum absolute atomic E-state index is 13.4. The molecule has 0 aliphatic rings. The molecular weight excluding hydrogens is 644 g/mol. The van der Waals surface area contributed by atoms with Gasteiger partial charge in [0.05, 0.1) is 23.7 Å². The van der Waals surface area contributed by atoms with Gasteiger partial charge in [0.1, 0.15) is 5.75 Å². The second-order valence-electron chi connectivity index (χ2n) is 9.88. The minimum absolute atomic E-state index is 0.0931. The number of carbonyl (C=O) groups is 2. The van der Waals surface area contributed by atoms with Crippen molar-refractivity contribution in [3.8, 4) is 5.75 Å². The number of halogens is 1. The molecule has 44 heavy (non-hydrogen) atoms. The second-order valence-corrected chi connectivity index (χ2v) is 12.7. The van der Waals surface area contributed by atoms with Gasteiger partial charge in [0.2, 0.25) is 10.0 Å². The first-order valence-corrected chi connectivity index (χ1v) is 16.1. The van der Waals surface area contributed by atoms with Crippen molar-refractivity contribution in [3.05, 3.63) is 130 Å². The summed E-state index contributed by atoms with van der Waals surface area (Å²) in [7, 11) is -3.94. The van der Waals surface area contributed by atoms with Crippen molar-refractivity contribution in [3.63, 3.8) is 0 Å².